The van der Waals surface area contributed by atoms with E-state index in [0.717, 1.165) is 11.3 Å². The number of aryl methyl sites for hydroxylation is 1. The van der Waals surface area contributed by atoms with Crippen molar-refractivity contribution in [1.29, 1.82) is 0 Å². The van der Waals surface area contributed by atoms with Crippen LogP contribution in [-0.2, 0) is 4.79 Å². The average Bonchev–Trinajstić information content (AvgIpc) is 2.31. The van der Waals surface area contributed by atoms with Crippen LogP contribution in [0.1, 0.15) is 25.3 Å². The maximum atomic E-state index is 11.7. The van der Waals surface area contributed by atoms with E-state index < -0.39 is 5.60 Å². The number of aliphatic hydroxyl groups is 1. The molecule has 1 aliphatic rings. The molecule has 1 saturated heterocycles. The number of β-amino-alcohol motifs (C(OH)–C–C–N with tert-alkyl or cyclic N) is 1. The number of rotatable bonds is 5. The van der Waals surface area contributed by atoms with Gasteiger partial charge in [0.05, 0.1) is 25.3 Å². The highest BCUT2D eigenvalue weighted by Crippen LogP contribution is 2.20. The van der Waals surface area contributed by atoms with Gasteiger partial charge in [-0.3, -0.25) is 4.79 Å². The molecule has 0 aliphatic carbocycles. The quantitative estimate of drug-likeness (QED) is 0.823. The Bertz CT molecular complexity index is 448. The summed E-state index contributed by atoms with van der Waals surface area (Å²) in [6.07, 6.45) is 1.17. The summed E-state index contributed by atoms with van der Waals surface area (Å²) in [5.74, 6) is 0.943. The first-order valence-electron chi connectivity index (χ1n) is 6.66. The Morgan fingerprint density at radius 1 is 1.47 bits per heavy atom. The van der Waals surface area contributed by atoms with Crippen LogP contribution in [0.2, 0.25) is 0 Å². The Morgan fingerprint density at radius 2 is 2.21 bits per heavy atom. The molecule has 2 rings (SSSR count). The van der Waals surface area contributed by atoms with Gasteiger partial charge >= 0.3 is 0 Å². The third-order valence-electron chi connectivity index (χ3n) is 3.21. The summed E-state index contributed by atoms with van der Waals surface area (Å²) >= 11 is 0. The van der Waals surface area contributed by atoms with Gasteiger partial charge in [0.15, 0.2) is 0 Å². The lowest BCUT2D eigenvalue weighted by atomic mass is 9.96. The molecule has 1 heterocycles. The number of nitrogens with zero attached hydrogens (tertiary/aromatic N) is 1. The molecule has 1 fully saturated rings. The highest BCUT2D eigenvalue weighted by molar-refractivity contribution is 5.77. The van der Waals surface area contributed by atoms with Gasteiger partial charge < -0.3 is 14.7 Å². The monoisotopic (exact) mass is 263 g/mol. The Kier molecular flexibility index (Phi) is 4.10. The zero-order valence-corrected chi connectivity index (χ0v) is 11.6. The molecule has 0 unspecified atom stereocenters. The van der Waals surface area contributed by atoms with Gasteiger partial charge in [-0.25, -0.2) is 0 Å². The first-order chi connectivity index (χ1) is 8.96. The largest absolute Gasteiger partial charge is 0.494 e. The van der Waals surface area contributed by atoms with Crippen molar-refractivity contribution in [2.45, 2.75) is 32.3 Å². The van der Waals surface area contributed by atoms with E-state index >= 15 is 0 Å². The van der Waals surface area contributed by atoms with Crippen molar-refractivity contribution in [3.63, 3.8) is 0 Å². The summed E-state index contributed by atoms with van der Waals surface area (Å²) in [5.41, 5.74) is 0.477. The van der Waals surface area contributed by atoms with Crippen molar-refractivity contribution >= 4 is 5.91 Å². The van der Waals surface area contributed by atoms with E-state index in [0.29, 0.717) is 32.5 Å². The number of carbonyl (C=O) groups is 1. The van der Waals surface area contributed by atoms with Crippen LogP contribution < -0.4 is 4.74 Å². The minimum Gasteiger partial charge on any atom is -0.494 e. The van der Waals surface area contributed by atoms with Crippen LogP contribution in [0.25, 0.3) is 0 Å². The van der Waals surface area contributed by atoms with Crippen molar-refractivity contribution < 1.29 is 14.6 Å². The molecular formula is C15H21NO3. The van der Waals surface area contributed by atoms with Crippen LogP contribution in [0.5, 0.6) is 5.75 Å². The molecule has 0 atom stereocenters. The van der Waals surface area contributed by atoms with Crippen LogP contribution in [0.4, 0.5) is 0 Å². The lowest BCUT2D eigenvalue weighted by Crippen LogP contribution is -2.61. The number of hydrogen-bond donors (Lipinski definition) is 1. The lowest BCUT2D eigenvalue weighted by Gasteiger charge is -2.44. The van der Waals surface area contributed by atoms with Gasteiger partial charge in [-0.15, -0.1) is 0 Å². The van der Waals surface area contributed by atoms with Gasteiger partial charge in [-0.05, 0) is 38.0 Å². The average molecular weight is 263 g/mol. The lowest BCUT2D eigenvalue weighted by molar-refractivity contribution is -0.152. The highest BCUT2D eigenvalue weighted by atomic mass is 16.5. The van der Waals surface area contributed by atoms with E-state index in [1.165, 1.54) is 0 Å². The molecule has 4 heteroatoms. The van der Waals surface area contributed by atoms with Crippen molar-refractivity contribution in [1.82, 2.24) is 4.90 Å². The molecule has 1 aliphatic heterocycles. The standard InChI is InChI=1S/C15H21NO3/c1-12-5-3-6-13(9-12)19-8-4-7-14(17)16-10-15(2,18)11-16/h3,5-6,9,18H,4,7-8,10-11H2,1-2H3. The fraction of sp³-hybridized carbons (Fsp3) is 0.533. The van der Waals surface area contributed by atoms with Gasteiger partial charge in [0.25, 0.3) is 0 Å². The first-order valence-corrected chi connectivity index (χ1v) is 6.66. The number of carbonyl (C=O) groups excluding carboxylic acids is 1. The molecule has 1 N–H and O–H groups in total. The SMILES string of the molecule is Cc1cccc(OCCCC(=O)N2CC(C)(O)C2)c1. The van der Waals surface area contributed by atoms with E-state index in [1.54, 1.807) is 11.8 Å². The third kappa shape index (κ3) is 3.96. The van der Waals surface area contributed by atoms with E-state index in [9.17, 15) is 9.90 Å². The molecule has 0 spiro atoms. The van der Waals surface area contributed by atoms with Gasteiger partial charge in [0.2, 0.25) is 5.91 Å². The summed E-state index contributed by atoms with van der Waals surface area (Å²) in [6, 6.07) is 7.88. The van der Waals surface area contributed by atoms with Crippen molar-refractivity contribution in [3.05, 3.63) is 29.8 Å². The van der Waals surface area contributed by atoms with Crippen LogP contribution in [0.15, 0.2) is 24.3 Å². The number of amides is 1. The Morgan fingerprint density at radius 3 is 2.84 bits per heavy atom. The normalized spacial score (nSPS) is 16.9. The smallest absolute Gasteiger partial charge is 0.222 e. The fourth-order valence-electron chi connectivity index (χ4n) is 2.23. The number of benzene rings is 1. The van der Waals surface area contributed by atoms with E-state index in [1.807, 2.05) is 31.2 Å². The van der Waals surface area contributed by atoms with Crippen LogP contribution in [0.3, 0.4) is 0 Å². The molecule has 4 nitrogen and oxygen atoms in total. The second-order valence-corrected chi connectivity index (χ2v) is 5.52. The minimum atomic E-state index is -0.687. The number of ether oxygens (including phenoxy) is 1. The van der Waals surface area contributed by atoms with Crippen LogP contribution in [0, 0.1) is 6.92 Å². The molecule has 0 aromatic heterocycles. The maximum absolute atomic E-state index is 11.7. The molecule has 104 valence electrons. The summed E-state index contributed by atoms with van der Waals surface area (Å²) < 4.78 is 5.59. The first kappa shape index (κ1) is 13.9. The summed E-state index contributed by atoms with van der Waals surface area (Å²) in [5, 5.41) is 9.56. The highest BCUT2D eigenvalue weighted by Gasteiger charge is 2.38. The van der Waals surface area contributed by atoms with Gasteiger partial charge in [-0.1, -0.05) is 12.1 Å². The van der Waals surface area contributed by atoms with E-state index in [4.69, 9.17) is 4.74 Å². The van der Waals surface area contributed by atoms with Crippen LogP contribution in [-0.4, -0.2) is 41.2 Å². The third-order valence-corrected chi connectivity index (χ3v) is 3.21. The molecule has 0 radical (unpaired) electrons. The zero-order chi connectivity index (χ0) is 13.9. The molecule has 19 heavy (non-hydrogen) atoms. The zero-order valence-electron chi connectivity index (χ0n) is 11.6. The molecule has 1 aromatic rings. The Hall–Kier alpha value is -1.55. The second-order valence-electron chi connectivity index (χ2n) is 5.52. The fourth-order valence-corrected chi connectivity index (χ4v) is 2.23. The summed E-state index contributed by atoms with van der Waals surface area (Å²) in [7, 11) is 0. The van der Waals surface area contributed by atoms with Gasteiger partial charge in [0.1, 0.15) is 5.75 Å². The predicted molar refractivity (Wildman–Crippen MR) is 73.1 cm³/mol. The molecular weight excluding hydrogens is 242 g/mol. The Balaban J connectivity index is 1.63. The summed E-state index contributed by atoms with van der Waals surface area (Å²) in [6.45, 7) is 5.21. The summed E-state index contributed by atoms with van der Waals surface area (Å²) in [4.78, 5) is 13.4. The molecule has 1 aromatic carbocycles. The molecule has 1 amide bonds. The second kappa shape index (κ2) is 5.61. The number of hydrogen-bond acceptors (Lipinski definition) is 3. The molecule has 0 bridgehead atoms. The number of likely N-dealkylation sites (tertiary alicyclic amines) is 1. The minimum absolute atomic E-state index is 0.0966. The Labute approximate surface area is 114 Å². The maximum Gasteiger partial charge on any atom is 0.222 e. The van der Waals surface area contributed by atoms with Crippen molar-refractivity contribution in [2.75, 3.05) is 19.7 Å². The van der Waals surface area contributed by atoms with Crippen LogP contribution >= 0.6 is 0 Å². The van der Waals surface area contributed by atoms with E-state index in [-0.39, 0.29) is 5.91 Å². The van der Waals surface area contributed by atoms with Gasteiger partial charge in [-0.2, -0.15) is 0 Å². The van der Waals surface area contributed by atoms with Crippen molar-refractivity contribution in [3.8, 4) is 5.75 Å². The molecule has 0 saturated carbocycles. The van der Waals surface area contributed by atoms with E-state index in [2.05, 4.69) is 0 Å². The predicted octanol–water partition coefficient (Wildman–Crippen LogP) is 1.75. The topological polar surface area (TPSA) is 49.8 Å². The van der Waals surface area contributed by atoms with Gasteiger partial charge in [0, 0.05) is 6.42 Å². The van der Waals surface area contributed by atoms with Crippen molar-refractivity contribution in [2.24, 2.45) is 0 Å².